The van der Waals surface area contributed by atoms with Gasteiger partial charge in [0.25, 0.3) is 0 Å². The largest absolute Gasteiger partial charge is 0.503 e. The number of benzene rings is 1. The quantitative estimate of drug-likeness (QED) is 0.881. The molecule has 18 heavy (non-hydrogen) atoms. The lowest BCUT2D eigenvalue weighted by Crippen LogP contribution is -2.23. The Bertz CT molecular complexity index is 417. The van der Waals surface area contributed by atoms with Crippen molar-refractivity contribution in [1.29, 1.82) is 0 Å². The second kappa shape index (κ2) is 5.81. The number of phenolic OH excluding ortho intramolecular Hbond substituents is 1. The van der Waals surface area contributed by atoms with E-state index in [4.69, 9.17) is 22.1 Å². The Morgan fingerprint density at radius 1 is 1.33 bits per heavy atom. The molecule has 1 aromatic rings. The van der Waals surface area contributed by atoms with Crippen molar-refractivity contribution in [2.75, 3.05) is 7.11 Å². The van der Waals surface area contributed by atoms with E-state index >= 15 is 0 Å². The summed E-state index contributed by atoms with van der Waals surface area (Å²) in [6.07, 6.45) is 6.15. The zero-order chi connectivity index (χ0) is 13.1. The molecule has 0 heterocycles. The summed E-state index contributed by atoms with van der Waals surface area (Å²) in [6.45, 7) is 0. The Morgan fingerprint density at radius 2 is 2.00 bits per heavy atom. The molecule has 1 fully saturated rings. The Morgan fingerprint density at radius 3 is 2.61 bits per heavy atom. The van der Waals surface area contributed by atoms with E-state index in [0.29, 0.717) is 16.7 Å². The van der Waals surface area contributed by atoms with E-state index in [0.717, 1.165) is 5.56 Å². The normalized spacial score (nSPS) is 18.6. The van der Waals surface area contributed by atoms with Crippen molar-refractivity contribution in [3.63, 3.8) is 0 Å². The molecule has 100 valence electrons. The topological polar surface area (TPSA) is 55.5 Å². The summed E-state index contributed by atoms with van der Waals surface area (Å²) in [6, 6.07) is 3.51. The highest BCUT2D eigenvalue weighted by atomic mass is 35.5. The predicted octanol–water partition coefficient (Wildman–Crippen LogP) is 3.63. The van der Waals surface area contributed by atoms with Crippen molar-refractivity contribution in [3.05, 3.63) is 22.7 Å². The van der Waals surface area contributed by atoms with E-state index < -0.39 is 0 Å². The van der Waals surface area contributed by atoms with Crippen LogP contribution >= 0.6 is 11.6 Å². The van der Waals surface area contributed by atoms with Crippen LogP contribution in [0.4, 0.5) is 0 Å². The first-order valence-electron chi connectivity index (χ1n) is 6.45. The van der Waals surface area contributed by atoms with Crippen LogP contribution in [0.25, 0.3) is 0 Å². The number of phenols is 1. The maximum absolute atomic E-state index is 9.72. The fraction of sp³-hybridized carbons (Fsp3) is 0.571. The molecule has 0 spiro atoms. The smallest absolute Gasteiger partial charge is 0.176 e. The average molecular weight is 270 g/mol. The van der Waals surface area contributed by atoms with E-state index in [1.54, 1.807) is 12.1 Å². The molecule has 0 aromatic heterocycles. The van der Waals surface area contributed by atoms with Gasteiger partial charge < -0.3 is 15.6 Å². The maximum atomic E-state index is 9.72. The van der Waals surface area contributed by atoms with E-state index in [2.05, 4.69) is 0 Å². The van der Waals surface area contributed by atoms with Crippen LogP contribution in [0.15, 0.2) is 12.1 Å². The highest BCUT2D eigenvalue weighted by molar-refractivity contribution is 6.32. The predicted molar refractivity (Wildman–Crippen MR) is 73.2 cm³/mol. The zero-order valence-corrected chi connectivity index (χ0v) is 11.4. The second-order valence-corrected chi connectivity index (χ2v) is 5.38. The van der Waals surface area contributed by atoms with Gasteiger partial charge in [-0.1, -0.05) is 30.9 Å². The number of rotatable bonds is 3. The van der Waals surface area contributed by atoms with Crippen molar-refractivity contribution in [2.45, 2.75) is 38.1 Å². The molecule has 0 bridgehead atoms. The molecule has 0 unspecified atom stereocenters. The number of nitrogens with two attached hydrogens (primary N) is 1. The van der Waals surface area contributed by atoms with Crippen LogP contribution in [0.5, 0.6) is 11.5 Å². The standard InChI is InChI=1S/C14H20ClNO2/c1-18-12-8-10(7-11(15)14(12)17)13(16)9-5-3-2-4-6-9/h7-9,13,17H,2-6,16H2,1H3/t13-/m1/s1. The number of hydrogen-bond acceptors (Lipinski definition) is 3. The van der Waals surface area contributed by atoms with E-state index in [9.17, 15) is 5.11 Å². The Balaban J connectivity index is 2.23. The third-order valence-electron chi connectivity index (χ3n) is 3.81. The summed E-state index contributed by atoms with van der Waals surface area (Å²) in [5.41, 5.74) is 7.26. The molecule has 1 atom stereocenters. The van der Waals surface area contributed by atoms with Gasteiger partial charge in [0.2, 0.25) is 0 Å². The van der Waals surface area contributed by atoms with Crippen molar-refractivity contribution in [1.82, 2.24) is 0 Å². The molecule has 0 saturated heterocycles. The van der Waals surface area contributed by atoms with Gasteiger partial charge in [0, 0.05) is 6.04 Å². The fourth-order valence-electron chi connectivity index (χ4n) is 2.71. The number of methoxy groups -OCH3 is 1. The van der Waals surface area contributed by atoms with E-state index in [1.165, 1.54) is 39.2 Å². The number of hydrogen-bond donors (Lipinski definition) is 2. The minimum absolute atomic E-state index is 0.0150. The third-order valence-corrected chi connectivity index (χ3v) is 4.10. The molecule has 1 saturated carbocycles. The first kappa shape index (κ1) is 13.5. The fourth-order valence-corrected chi connectivity index (χ4v) is 2.93. The van der Waals surface area contributed by atoms with Crippen LogP contribution in [-0.4, -0.2) is 12.2 Å². The van der Waals surface area contributed by atoms with Gasteiger partial charge in [0.05, 0.1) is 12.1 Å². The van der Waals surface area contributed by atoms with Gasteiger partial charge >= 0.3 is 0 Å². The average Bonchev–Trinajstić information content (AvgIpc) is 2.42. The summed E-state index contributed by atoms with van der Waals surface area (Å²) in [4.78, 5) is 0. The molecule has 0 amide bonds. The highest BCUT2D eigenvalue weighted by Gasteiger charge is 2.23. The lowest BCUT2D eigenvalue weighted by Gasteiger charge is -2.28. The molecule has 0 aliphatic heterocycles. The minimum Gasteiger partial charge on any atom is -0.503 e. The van der Waals surface area contributed by atoms with E-state index in [-0.39, 0.29) is 11.8 Å². The van der Waals surface area contributed by atoms with Gasteiger partial charge in [-0.05, 0) is 36.5 Å². The Kier molecular flexibility index (Phi) is 4.36. The molecule has 1 aliphatic carbocycles. The lowest BCUT2D eigenvalue weighted by molar-refractivity contribution is 0.307. The zero-order valence-electron chi connectivity index (χ0n) is 10.7. The van der Waals surface area contributed by atoms with Gasteiger partial charge in [-0.15, -0.1) is 0 Å². The molecule has 2 rings (SSSR count). The van der Waals surface area contributed by atoms with E-state index in [1.807, 2.05) is 0 Å². The van der Waals surface area contributed by atoms with Crippen molar-refractivity contribution >= 4 is 11.6 Å². The third kappa shape index (κ3) is 2.73. The van der Waals surface area contributed by atoms with Gasteiger partial charge in [-0.2, -0.15) is 0 Å². The molecule has 4 heteroatoms. The summed E-state index contributed by atoms with van der Waals surface area (Å²) < 4.78 is 5.11. The highest BCUT2D eigenvalue weighted by Crippen LogP contribution is 2.39. The van der Waals surface area contributed by atoms with Crippen LogP contribution in [-0.2, 0) is 0 Å². The van der Waals surface area contributed by atoms with Gasteiger partial charge in [0.1, 0.15) is 0 Å². The molecule has 3 nitrogen and oxygen atoms in total. The van der Waals surface area contributed by atoms with Crippen LogP contribution in [0.3, 0.4) is 0 Å². The van der Waals surface area contributed by atoms with Crippen LogP contribution in [0.1, 0.15) is 43.7 Å². The molecule has 3 N–H and O–H groups in total. The Hall–Kier alpha value is -0.930. The van der Waals surface area contributed by atoms with Crippen molar-refractivity contribution in [3.8, 4) is 11.5 Å². The maximum Gasteiger partial charge on any atom is 0.176 e. The summed E-state index contributed by atoms with van der Waals surface area (Å²) in [5.74, 6) is 0.881. The second-order valence-electron chi connectivity index (χ2n) is 4.98. The summed E-state index contributed by atoms with van der Waals surface area (Å²) in [5, 5.41) is 10.0. The first-order chi connectivity index (χ1) is 8.63. The first-order valence-corrected chi connectivity index (χ1v) is 6.83. The van der Waals surface area contributed by atoms with Crippen molar-refractivity contribution < 1.29 is 9.84 Å². The van der Waals surface area contributed by atoms with Crippen LogP contribution < -0.4 is 10.5 Å². The van der Waals surface area contributed by atoms with Gasteiger partial charge in [0.15, 0.2) is 11.5 Å². The Labute approximate surface area is 113 Å². The number of aromatic hydroxyl groups is 1. The summed E-state index contributed by atoms with van der Waals surface area (Å²) in [7, 11) is 1.52. The minimum atomic E-state index is -0.0303. The van der Waals surface area contributed by atoms with Crippen LogP contribution in [0, 0.1) is 5.92 Å². The lowest BCUT2D eigenvalue weighted by atomic mass is 9.81. The van der Waals surface area contributed by atoms with Gasteiger partial charge in [-0.25, -0.2) is 0 Å². The molecule has 0 radical (unpaired) electrons. The SMILES string of the molecule is COc1cc([C@H](N)C2CCCCC2)cc(Cl)c1O. The van der Waals surface area contributed by atoms with Gasteiger partial charge in [-0.3, -0.25) is 0 Å². The number of halogens is 1. The van der Waals surface area contributed by atoms with Crippen LogP contribution in [0.2, 0.25) is 5.02 Å². The molecule has 1 aliphatic rings. The molecular formula is C14H20ClNO2. The van der Waals surface area contributed by atoms with Crippen molar-refractivity contribution in [2.24, 2.45) is 11.7 Å². The summed E-state index contributed by atoms with van der Waals surface area (Å²) >= 11 is 6.00. The molecule has 1 aromatic carbocycles. The molecular weight excluding hydrogens is 250 g/mol. The monoisotopic (exact) mass is 269 g/mol. The number of ether oxygens (including phenoxy) is 1.